The summed E-state index contributed by atoms with van der Waals surface area (Å²) >= 11 is 0. The number of aryl methyl sites for hydroxylation is 2. The molecule has 2 unspecified atom stereocenters. The Morgan fingerprint density at radius 2 is 2.09 bits per heavy atom. The summed E-state index contributed by atoms with van der Waals surface area (Å²) in [7, 11) is 0. The van der Waals surface area contributed by atoms with Crippen LogP contribution < -0.4 is 5.43 Å². The first-order valence-corrected chi connectivity index (χ1v) is 8.51. The van der Waals surface area contributed by atoms with E-state index in [4.69, 9.17) is 4.74 Å². The smallest absolute Gasteiger partial charge is 0.313 e. The molecule has 1 N–H and O–H groups in total. The van der Waals surface area contributed by atoms with E-state index in [2.05, 4.69) is 0 Å². The van der Waals surface area contributed by atoms with Crippen LogP contribution in [-0.4, -0.2) is 23.3 Å². The van der Waals surface area contributed by atoms with Crippen LogP contribution in [0.15, 0.2) is 16.9 Å². The highest BCUT2D eigenvalue weighted by atomic mass is 16.6. The number of ether oxygens (including phenoxy) is 1. The monoisotopic (exact) mass is 312 g/mol. The van der Waals surface area contributed by atoms with Crippen LogP contribution in [0.4, 0.5) is 0 Å². The number of carbonyl (C=O) groups excluding carboxylic acids is 1. The number of aliphatic hydroxyl groups is 1. The fourth-order valence-corrected chi connectivity index (χ4v) is 6.03. The average molecular weight is 312 g/mol. The maximum atomic E-state index is 12.8. The molecule has 6 atom stereocenters. The molecule has 2 saturated heterocycles. The van der Waals surface area contributed by atoms with Gasteiger partial charge in [-0.25, -0.2) is 0 Å². The molecule has 1 aromatic rings. The van der Waals surface area contributed by atoms with Crippen molar-refractivity contribution in [2.75, 3.05) is 0 Å². The Bertz CT molecular complexity index is 814. The van der Waals surface area contributed by atoms with Crippen LogP contribution in [0.5, 0.6) is 0 Å². The summed E-state index contributed by atoms with van der Waals surface area (Å²) in [6, 6.07) is 3.47. The number of carbonyl (C=O) groups is 1. The molecule has 2 heterocycles. The molecule has 4 heteroatoms. The zero-order valence-corrected chi connectivity index (χ0v) is 13.3. The lowest BCUT2D eigenvalue weighted by atomic mass is 9.49. The molecule has 3 fully saturated rings. The molecule has 2 bridgehead atoms. The van der Waals surface area contributed by atoms with E-state index in [9.17, 15) is 14.7 Å². The third-order valence-corrected chi connectivity index (χ3v) is 7.07. The van der Waals surface area contributed by atoms with Gasteiger partial charge in [-0.3, -0.25) is 9.59 Å². The summed E-state index contributed by atoms with van der Waals surface area (Å²) in [5.41, 5.74) is 4.00. The van der Waals surface area contributed by atoms with Crippen LogP contribution >= 0.6 is 0 Å². The quantitative estimate of drug-likeness (QED) is 0.737. The first kappa shape index (κ1) is 13.7. The highest BCUT2D eigenvalue weighted by Crippen LogP contribution is 2.66. The van der Waals surface area contributed by atoms with Gasteiger partial charge >= 0.3 is 5.97 Å². The van der Waals surface area contributed by atoms with Crippen LogP contribution in [0.25, 0.3) is 0 Å². The van der Waals surface area contributed by atoms with Crippen molar-refractivity contribution in [2.45, 2.75) is 51.2 Å². The van der Waals surface area contributed by atoms with E-state index in [0.29, 0.717) is 12.8 Å². The van der Waals surface area contributed by atoms with Crippen LogP contribution in [0.2, 0.25) is 0 Å². The minimum absolute atomic E-state index is 0.0519. The lowest BCUT2D eigenvalue weighted by Crippen LogP contribution is -2.67. The van der Waals surface area contributed by atoms with Gasteiger partial charge in [-0.15, -0.1) is 0 Å². The summed E-state index contributed by atoms with van der Waals surface area (Å²) in [5.74, 6) is 0.0405. The third-order valence-electron chi connectivity index (χ3n) is 7.07. The zero-order chi connectivity index (χ0) is 16.1. The number of fused-ring (bicyclic) bond motifs is 2. The molecule has 0 aromatic heterocycles. The molecular weight excluding hydrogens is 292 g/mol. The van der Waals surface area contributed by atoms with E-state index in [-0.39, 0.29) is 29.2 Å². The SMILES string of the molecule is Cc1cc(=O)cc2c3c1C[C@H]1C3[C@]3(CC2)C(=O)O[C@@H]1[C@@H](O)C3C. The molecule has 1 spiro atoms. The van der Waals surface area contributed by atoms with Crippen molar-refractivity contribution in [2.24, 2.45) is 17.3 Å². The molecule has 23 heavy (non-hydrogen) atoms. The molecule has 4 nitrogen and oxygen atoms in total. The molecule has 6 rings (SSSR count). The van der Waals surface area contributed by atoms with Crippen molar-refractivity contribution >= 4 is 5.97 Å². The van der Waals surface area contributed by atoms with Gasteiger partial charge < -0.3 is 9.84 Å². The number of hydrogen-bond acceptors (Lipinski definition) is 4. The fraction of sp³-hybridized carbons (Fsp3) is 0.579. The van der Waals surface area contributed by atoms with Gasteiger partial charge in [0.05, 0.1) is 11.5 Å². The molecule has 3 aliphatic carbocycles. The highest BCUT2D eigenvalue weighted by molar-refractivity contribution is 5.83. The predicted octanol–water partition coefficient (Wildman–Crippen LogP) is 1.48. The zero-order valence-electron chi connectivity index (χ0n) is 13.3. The second kappa shape index (κ2) is 4.04. The topological polar surface area (TPSA) is 63.6 Å². The molecule has 1 aromatic carbocycles. The van der Waals surface area contributed by atoms with Crippen LogP contribution in [0, 0.1) is 24.2 Å². The van der Waals surface area contributed by atoms with Crippen molar-refractivity contribution < 1.29 is 14.6 Å². The van der Waals surface area contributed by atoms with Gasteiger partial charge in [0.25, 0.3) is 0 Å². The summed E-state index contributed by atoms with van der Waals surface area (Å²) in [5, 5.41) is 10.7. The van der Waals surface area contributed by atoms with Crippen LogP contribution in [0.3, 0.4) is 0 Å². The first-order chi connectivity index (χ1) is 10.9. The number of aliphatic hydroxyl groups excluding tert-OH is 1. The van der Waals surface area contributed by atoms with Crippen molar-refractivity contribution in [3.8, 4) is 0 Å². The summed E-state index contributed by atoms with van der Waals surface area (Å²) < 4.78 is 5.67. The second-order valence-corrected chi connectivity index (χ2v) is 7.83. The largest absolute Gasteiger partial charge is 0.459 e. The summed E-state index contributed by atoms with van der Waals surface area (Å²) in [4.78, 5) is 24.9. The molecule has 2 aliphatic heterocycles. The minimum Gasteiger partial charge on any atom is -0.459 e. The molecular formula is C19H20O4. The van der Waals surface area contributed by atoms with Crippen LogP contribution in [-0.2, 0) is 22.4 Å². The van der Waals surface area contributed by atoms with E-state index in [1.165, 1.54) is 11.1 Å². The standard InChI is InChI=1S/C19H20O4/c1-8-5-11(20)6-10-3-4-19-9(2)16(21)17(23-18(19)22)13-7-12(8)14(10)15(13)19/h5-6,9,13,15-17,21H,3-4,7H2,1-2H3/t9?,13-,15?,16-,17-,19+/m0/s1. The number of hydrogen-bond donors (Lipinski definition) is 1. The Morgan fingerprint density at radius 1 is 1.30 bits per heavy atom. The molecule has 0 amide bonds. The van der Waals surface area contributed by atoms with E-state index in [1.54, 1.807) is 12.1 Å². The van der Waals surface area contributed by atoms with E-state index in [1.807, 2.05) is 13.8 Å². The third kappa shape index (κ3) is 1.38. The Morgan fingerprint density at radius 3 is 2.87 bits per heavy atom. The second-order valence-electron chi connectivity index (χ2n) is 7.83. The van der Waals surface area contributed by atoms with Gasteiger partial charge in [0.15, 0.2) is 5.43 Å². The minimum atomic E-state index is -0.610. The van der Waals surface area contributed by atoms with E-state index >= 15 is 0 Å². The summed E-state index contributed by atoms with van der Waals surface area (Å²) in [6.07, 6.45) is 1.21. The van der Waals surface area contributed by atoms with E-state index in [0.717, 1.165) is 17.5 Å². The van der Waals surface area contributed by atoms with Gasteiger partial charge in [0, 0.05) is 17.8 Å². The van der Waals surface area contributed by atoms with Crippen molar-refractivity contribution in [1.82, 2.24) is 0 Å². The van der Waals surface area contributed by atoms with Crippen molar-refractivity contribution in [1.29, 1.82) is 0 Å². The Kier molecular flexibility index (Phi) is 2.41. The molecule has 0 radical (unpaired) electrons. The summed E-state index contributed by atoms with van der Waals surface area (Å²) in [6.45, 7) is 3.98. The lowest BCUT2D eigenvalue weighted by molar-refractivity contribution is -0.236. The Hall–Kier alpha value is -1.68. The van der Waals surface area contributed by atoms with Gasteiger partial charge in [0.2, 0.25) is 0 Å². The van der Waals surface area contributed by atoms with E-state index < -0.39 is 17.6 Å². The van der Waals surface area contributed by atoms with Crippen molar-refractivity contribution in [3.63, 3.8) is 0 Å². The fourth-order valence-electron chi connectivity index (χ4n) is 6.03. The first-order valence-electron chi connectivity index (χ1n) is 8.51. The van der Waals surface area contributed by atoms with Crippen LogP contribution in [0.1, 0.15) is 41.5 Å². The lowest BCUT2D eigenvalue weighted by Gasteiger charge is -2.59. The van der Waals surface area contributed by atoms with Gasteiger partial charge in [-0.1, -0.05) is 6.92 Å². The maximum Gasteiger partial charge on any atom is 0.313 e. The molecule has 1 saturated carbocycles. The Labute approximate surface area is 134 Å². The normalized spacial score (nSPS) is 42.4. The van der Waals surface area contributed by atoms with Gasteiger partial charge in [-0.2, -0.15) is 0 Å². The van der Waals surface area contributed by atoms with Gasteiger partial charge in [0.1, 0.15) is 6.10 Å². The predicted molar refractivity (Wildman–Crippen MR) is 83.2 cm³/mol. The average Bonchev–Trinajstić information content (AvgIpc) is 2.86. The Balaban J connectivity index is 1.85. The van der Waals surface area contributed by atoms with Gasteiger partial charge in [-0.05, 0) is 60.6 Å². The highest BCUT2D eigenvalue weighted by Gasteiger charge is 2.70. The number of esters is 1. The molecule has 120 valence electrons. The molecule has 5 aliphatic rings. The maximum absolute atomic E-state index is 12.8. The number of rotatable bonds is 0. The van der Waals surface area contributed by atoms with Crippen molar-refractivity contribution in [3.05, 3.63) is 44.6 Å².